The van der Waals surface area contributed by atoms with Crippen LogP contribution in [-0.4, -0.2) is 39.1 Å². The van der Waals surface area contributed by atoms with Gasteiger partial charge in [-0.3, -0.25) is 18.3 Å². The van der Waals surface area contributed by atoms with Crippen LogP contribution in [0, 0.1) is 47.3 Å². The predicted octanol–water partition coefficient (Wildman–Crippen LogP) is 15.8. The minimum absolute atomic E-state index is 0.194. The first-order valence-electron chi connectivity index (χ1n) is 30.7. The summed E-state index contributed by atoms with van der Waals surface area (Å²) in [7, 11) is -21.7. The molecule has 0 saturated heterocycles. The van der Waals surface area contributed by atoms with Gasteiger partial charge >= 0.3 is 30.4 Å². The van der Waals surface area contributed by atoms with Crippen molar-refractivity contribution in [2.75, 3.05) is 0 Å². The molecule has 0 amide bonds. The second-order valence-corrected chi connectivity index (χ2v) is 33.4. The fourth-order valence-electron chi connectivity index (χ4n) is 19.9. The number of hydrogen-bond acceptors (Lipinski definition) is 4. The van der Waals surface area contributed by atoms with Crippen LogP contribution in [0.1, 0.15) is 279 Å². The minimum Gasteiger partial charge on any atom is -0.324 e. The average molecular weight is 1110 g/mol. The summed E-state index contributed by atoms with van der Waals surface area (Å²) in [6.45, 7) is 0. The van der Waals surface area contributed by atoms with Gasteiger partial charge < -0.3 is 39.1 Å². The third kappa shape index (κ3) is 10.2. The Morgan fingerprint density at radius 3 is 0.432 bits per heavy atom. The quantitative estimate of drug-likeness (QED) is 0.0723. The predicted molar refractivity (Wildman–Crippen MR) is 294 cm³/mol. The van der Waals surface area contributed by atoms with E-state index in [9.17, 15) is 39.1 Å². The Morgan fingerprint density at radius 2 is 0.338 bits per heavy atom. The van der Waals surface area contributed by atoms with E-state index in [2.05, 4.69) is 0 Å². The third-order valence-corrected chi connectivity index (χ3v) is 30.4. The Hall–Kier alpha value is -0.180. The maximum Gasteiger partial charge on any atom is 0.336 e. The van der Waals surface area contributed by atoms with Gasteiger partial charge in [-0.1, -0.05) is 166 Å². The SMILES string of the molecule is O=P(O)(O)C(c1cc(C(C2CCCCC2)(C2CCCCC2)P(=O)(O)O)c(C(C2CCCCC2)(C2CCCCC2)P(=O)(O)O)cc1C(C1CCCCC1)(C1CCCCC1)P(=O)(O)O)(C1CCCCC1)C1CCCCC1. The van der Waals surface area contributed by atoms with Gasteiger partial charge in [-0.15, -0.1) is 0 Å². The van der Waals surface area contributed by atoms with Gasteiger partial charge in [0.15, 0.2) is 0 Å². The third-order valence-electron chi connectivity index (χ3n) is 22.6. The molecule has 0 radical (unpaired) electrons. The van der Waals surface area contributed by atoms with Gasteiger partial charge in [0.2, 0.25) is 0 Å². The summed E-state index contributed by atoms with van der Waals surface area (Å²) in [6, 6.07) is 3.59. The van der Waals surface area contributed by atoms with Crippen molar-refractivity contribution in [1.29, 1.82) is 0 Å². The van der Waals surface area contributed by atoms with Crippen LogP contribution in [0.3, 0.4) is 0 Å². The minimum atomic E-state index is -5.41. The standard InChI is InChI=1S/C58H98O12P4/c59-71(60,61)55(43-25-9-1-10-26-43,44-27-11-2-12-28-44)51-41-53(57(73(65,66)67,47-33-17-5-18-34-47)48-35-19-6-20-36-48)54(58(74(68,69)70,49-37-21-7-22-38-49)50-39-23-8-24-40-50)42-52(51)56(72(62,63)64,45-29-13-3-14-30-45)46-31-15-4-16-32-46/h41-50H,1-40H2,(H2,59,60,61)(H2,62,63,64)(H2,65,66,67)(H2,68,69,70). The molecule has 9 rings (SSSR count). The normalized spacial score (nSPS) is 25.6. The second kappa shape index (κ2) is 23.7. The van der Waals surface area contributed by atoms with Crippen LogP contribution in [0.4, 0.5) is 0 Å². The number of rotatable bonds is 16. The zero-order valence-corrected chi connectivity index (χ0v) is 48.6. The molecule has 1 aromatic carbocycles. The fraction of sp³-hybridized carbons (Fsp3) is 0.897. The van der Waals surface area contributed by atoms with Crippen molar-refractivity contribution in [3.8, 4) is 0 Å². The highest BCUT2D eigenvalue weighted by molar-refractivity contribution is 7.54. The zero-order chi connectivity index (χ0) is 52.6. The van der Waals surface area contributed by atoms with Crippen molar-refractivity contribution in [3.63, 3.8) is 0 Å². The van der Waals surface area contributed by atoms with Crippen LogP contribution in [0.2, 0.25) is 0 Å². The smallest absolute Gasteiger partial charge is 0.324 e. The van der Waals surface area contributed by atoms with Crippen LogP contribution >= 0.6 is 30.4 Å². The molecule has 0 atom stereocenters. The molecule has 12 nitrogen and oxygen atoms in total. The van der Waals surface area contributed by atoms with Crippen molar-refractivity contribution < 1.29 is 57.4 Å². The van der Waals surface area contributed by atoms with Crippen molar-refractivity contribution >= 4 is 30.4 Å². The van der Waals surface area contributed by atoms with E-state index in [4.69, 9.17) is 0 Å². The summed E-state index contributed by atoms with van der Waals surface area (Å²) in [6.07, 6.45) is 26.8. The van der Waals surface area contributed by atoms with E-state index in [0.717, 1.165) is 154 Å². The van der Waals surface area contributed by atoms with Gasteiger partial charge in [-0.25, -0.2) is 0 Å². The summed E-state index contributed by atoms with van der Waals surface area (Å²) in [5, 5.41) is -7.89. The van der Waals surface area contributed by atoms with Gasteiger partial charge in [-0.05, 0) is 172 Å². The van der Waals surface area contributed by atoms with E-state index in [1.807, 2.05) is 0 Å². The first-order valence-corrected chi connectivity index (χ1v) is 37.2. The molecule has 0 heterocycles. The zero-order valence-electron chi connectivity index (χ0n) is 45.1. The van der Waals surface area contributed by atoms with E-state index in [1.165, 1.54) is 0 Å². The maximum atomic E-state index is 16.1. The maximum absolute atomic E-state index is 16.1. The van der Waals surface area contributed by atoms with Crippen LogP contribution in [-0.2, 0) is 38.9 Å². The van der Waals surface area contributed by atoms with Crippen molar-refractivity contribution in [1.82, 2.24) is 0 Å². The lowest BCUT2D eigenvalue weighted by Crippen LogP contribution is -2.53. The Balaban J connectivity index is 1.60. The molecule has 8 aliphatic rings. The molecule has 0 aromatic heterocycles. The highest BCUT2D eigenvalue weighted by Crippen LogP contribution is 2.80. The van der Waals surface area contributed by atoms with Gasteiger partial charge in [0.25, 0.3) is 0 Å². The molecule has 16 heteroatoms. The van der Waals surface area contributed by atoms with Crippen LogP contribution < -0.4 is 0 Å². The lowest BCUT2D eigenvalue weighted by Gasteiger charge is -2.58. The van der Waals surface area contributed by atoms with Crippen LogP contribution in [0.25, 0.3) is 0 Å². The van der Waals surface area contributed by atoms with Gasteiger partial charge in [-0.2, -0.15) is 0 Å². The lowest BCUT2D eigenvalue weighted by molar-refractivity contribution is 0.110. The van der Waals surface area contributed by atoms with Crippen LogP contribution in [0.15, 0.2) is 12.1 Å². The highest BCUT2D eigenvalue weighted by Gasteiger charge is 2.70. The molecule has 0 aliphatic heterocycles. The topological polar surface area (TPSA) is 230 Å². The number of hydrogen-bond donors (Lipinski definition) is 8. The molecule has 0 bridgehead atoms. The van der Waals surface area contributed by atoms with E-state index in [0.29, 0.717) is 103 Å². The van der Waals surface area contributed by atoms with Crippen molar-refractivity contribution in [2.45, 2.75) is 277 Å². The van der Waals surface area contributed by atoms with Crippen molar-refractivity contribution in [3.05, 3.63) is 34.4 Å². The Labute approximate surface area is 445 Å². The number of benzene rings is 1. The molecule has 0 unspecified atom stereocenters. The summed E-state index contributed by atoms with van der Waals surface area (Å²) in [5.74, 6) is -4.76. The summed E-state index contributed by atoms with van der Waals surface area (Å²) >= 11 is 0. The average Bonchev–Trinajstić information content (AvgIpc) is 3.39. The summed E-state index contributed by atoms with van der Waals surface area (Å²) in [5.41, 5.74) is 0.775. The highest BCUT2D eigenvalue weighted by atomic mass is 31.2. The Bertz CT molecular complexity index is 1840. The van der Waals surface area contributed by atoms with E-state index in [-0.39, 0.29) is 22.3 Å². The monoisotopic (exact) mass is 1110 g/mol. The molecule has 422 valence electrons. The fourth-order valence-corrected chi connectivity index (χ4v) is 27.8. The Morgan fingerprint density at radius 1 is 0.230 bits per heavy atom. The molecular weight excluding hydrogens is 1010 g/mol. The largest absolute Gasteiger partial charge is 0.336 e. The molecule has 8 fully saturated rings. The van der Waals surface area contributed by atoms with E-state index < -0.39 is 98.4 Å². The van der Waals surface area contributed by atoms with Gasteiger partial charge in [0.1, 0.15) is 20.6 Å². The summed E-state index contributed by atoms with van der Waals surface area (Å²) in [4.78, 5) is 104. The lowest BCUT2D eigenvalue weighted by atomic mass is 9.57. The molecule has 74 heavy (non-hydrogen) atoms. The van der Waals surface area contributed by atoms with Gasteiger partial charge in [0, 0.05) is 0 Å². The first kappa shape index (κ1) is 58.5. The summed E-state index contributed by atoms with van der Waals surface area (Å²) < 4.78 is 64.2. The first-order chi connectivity index (χ1) is 35.3. The van der Waals surface area contributed by atoms with Crippen molar-refractivity contribution in [2.24, 2.45) is 47.3 Å². The second-order valence-electron chi connectivity index (χ2n) is 26.1. The van der Waals surface area contributed by atoms with E-state index >= 15 is 18.3 Å². The van der Waals surface area contributed by atoms with Gasteiger partial charge in [0.05, 0.1) is 0 Å². The Kier molecular flexibility index (Phi) is 18.7. The molecular formula is C58H98O12P4. The van der Waals surface area contributed by atoms with Crippen LogP contribution in [0.5, 0.6) is 0 Å². The van der Waals surface area contributed by atoms with E-state index in [1.54, 1.807) is 12.1 Å². The molecule has 8 saturated carbocycles. The molecule has 8 N–H and O–H groups in total. The molecule has 8 aliphatic carbocycles. The molecule has 1 aromatic rings. The molecule has 0 spiro atoms.